The minimum atomic E-state index is -0.490. The Morgan fingerprint density at radius 2 is 1.78 bits per heavy atom. The van der Waals surface area contributed by atoms with Gasteiger partial charge in [0.2, 0.25) is 5.91 Å². The van der Waals surface area contributed by atoms with Gasteiger partial charge in [0.25, 0.3) is 11.1 Å². The van der Waals surface area contributed by atoms with Gasteiger partial charge < -0.3 is 19.3 Å². The van der Waals surface area contributed by atoms with E-state index < -0.39 is 17.1 Å². The number of ether oxygens (including phenoxy) is 2. The molecular formula is C25H24IN3O6S. The number of carbonyl (C=O) groups is 4. The molecule has 4 rings (SSSR count). The molecule has 0 radical (unpaired) electrons. The molecule has 2 aromatic rings. The summed E-state index contributed by atoms with van der Waals surface area (Å²) in [6, 6.07) is 15.2. The Morgan fingerprint density at radius 1 is 1.06 bits per heavy atom. The highest BCUT2D eigenvalue weighted by molar-refractivity contribution is 14.1. The fourth-order valence-corrected chi connectivity index (χ4v) is 5.33. The van der Waals surface area contributed by atoms with Crippen molar-refractivity contribution in [1.29, 1.82) is 0 Å². The average Bonchev–Trinajstić information content (AvgIpc) is 3.15. The van der Waals surface area contributed by atoms with E-state index in [0.717, 1.165) is 25.9 Å². The minimum Gasteiger partial charge on any atom is -0.481 e. The normalized spacial score (nSPS) is 17.1. The number of para-hydroxylation sites is 1. The summed E-state index contributed by atoms with van der Waals surface area (Å²) in [6.07, 6.45) is 1.61. The Bertz CT molecular complexity index is 1200. The van der Waals surface area contributed by atoms with E-state index in [1.165, 1.54) is 7.11 Å². The third-order valence-corrected chi connectivity index (χ3v) is 7.50. The van der Waals surface area contributed by atoms with Gasteiger partial charge in [0.15, 0.2) is 6.61 Å². The molecule has 11 heteroatoms. The third-order valence-electron chi connectivity index (χ3n) is 5.75. The smallest absolute Gasteiger partial charge is 0.343 e. The van der Waals surface area contributed by atoms with Crippen molar-refractivity contribution in [3.63, 3.8) is 0 Å². The van der Waals surface area contributed by atoms with E-state index in [-0.39, 0.29) is 24.0 Å². The van der Waals surface area contributed by atoms with Crippen molar-refractivity contribution >= 4 is 69.1 Å². The summed E-state index contributed by atoms with van der Waals surface area (Å²) in [4.78, 5) is 54.7. The molecule has 2 aliphatic heterocycles. The van der Waals surface area contributed by atoms with Gasteiger partial charge >= 0.3 is 5.97 Å². The summed E-state index contributed by atoms with van der Waals surface area (Å²) in [5, 5.41) is -0.463. The molecule has 36 heavy (non-hydrogen) atoms. The fraction of sp³-hybridized carbons (Fsp3) is 0.280. The average molecular weight is 621 g/mol. The van der Waals surface area contributed by atoms with Crippen LogP contribution in [0, 0.1) is 3.57 Å². The number of esters is 1. The van der Waals surface area contributed by atoms with Gasteiger partial charge in [0.1, 0.15) is 12.3 Å². The molecule has 2 heterocycles. The number of thioether (sulfide) groups is 1. The van der Waals surface area contributed by atoms with Crippen LogP contribution >= 0.6 is 34.4 Å². The lowest BCUT2D eigenvalue weighted by Gasteiger charge is -2.36. The Labute approximate surface area is 226 Å². The topological polar surface area (TPSA) is 96.5 Å². The molecule has 0 bridgehead atoms. The molecule has 0 spiro atoms. The number of nitrogens with zero attached hydrogens (tertiary/aromatic N) is 3. The first-order chi connectivity index (χ1) is 17.4. The highest BCUT2D eigenvalue weighted by atomic mass is 127. The zero-order valence-electron chi connectivity index (χ0n) is 19.5. The van der Waals surface area contributed by atoms with Crippen LogP contribution in [0.1, 0.15) is 5.56 Å². The van der Waals surface area contributed by atoms with E-state index in [1.807, 2.05) is 30.3 Å². The summed E-state index contributed by atoms with van der Waals surface area (Å²) >= 11 is 2.88. The lowest BCUT2D eigenvalue weighted by atomic mass is 10.2. The molecule has 2 saturated heterocycles. The summed E-state index contributed by atoms with van der Waals surface area (Å²) in [6.45, 7) is 1.96. The Hall–Kier alpha value is -3.06. The number of benzene rings is 2. The molecule has 9 nitrogen and oxygen atoms in total. The first-order valence-corrected chi connectivity index (χ1v) is 13.1. The van der Waals surface area contributed by atoms with Crippen molar-refractivity contribution in [1.82, 2.24) is 9.80 Å². The number of hydrogen-bond donors (Lipinski definition) is 0. The zero-order valence-corrected chi connectivity index (χ0v) is 22.5. The Morgan fingerprint density at radius 3 is 2.44 bits per heavy atom. The van der Waals surface area contributed by atoms with E-state index >= 15 is 0 Å². The van der Waals surface area contributed by atoms with Crippen LogP contribution < -0.4 is 9.64 Å². The molecule has 0 aromatic heterocycles. The number of carbonyl (C=O) groups excluding carboxylic acids is 4. The molecule has 2 aromatic carbocycles. The molecule has 2 fully saturated rings. The predicted octanol–water partition coefficient (Wildman–Crippen LogP) is 3.23. The lowest BCUT2D eigenvalue weighted by Crippen LogP contribution is -2.51. The van der Waals surface area contributed by atoms with Crippen LogP contribution in [-0.2, 0) is 19.1 Å². The largest absolute Gasteiger partial charge is 0.481 e. The molecule has 0 aliphatic carbocycles. The van der Waals surface area contributed by atoms with E-state index in [0.29, 0.717) is 37.5 Å². The molecule has 0 saturated carbocycles. The number of methoxy groups -OCH3 is 1. The Kier molecular flexibility index (Phi) is 8.52. The number of amides is 3. The van der Waals surface area contributed by atoms with Crippen molar-refractivity contribution in [2.45, 2.75) is 0 Å². The predicted molar refractivity (Wildman–Crippen MR) is 145 cm³/mol. The number of hydrogen-bond acceptors (Lipinski definition) is 8. The lowest BCUT2D eigenvalue weighted by molar-refractivity contribution is -0.143. The highest BCUT2D eigenvalue weighted by Gasteiger charge is 2.37. The van der Waals surface area contributed by atoms with Gasteiger partial charge in [-0.25, -0.2) is 4.79 Å². The SMILES string of the molecule is COC(=O)COc1ccc(/C=C2/SC(=O)N(CC(=O)N3CCN(c4ccccc4)CC3)C2=O)cc1I. The first-order valence-electron chi connectivity index (χ1n) is 11.2. The fourth-order valence-electron chi connectivity index (χ4n) is 3.80. The Balaban J connectivity index is 1.35. The molecule has 0 atom stereocenters. The van der Waals surface area contributed by atoms with Crippen LogP contribution in [0.3, 0.4) is 0 Å². The molecule has 188 valence electrons. The summed E-state index contributed by atoms with van der Waals surface area (Å²) in [7, 11) is 1.28. The van der Waals surface area contributed by atoms with Crippen LogP contribution in [0.25, 0.3) is 6.08 Å². The van der Waals surface area contributed by atoms with Crippen molar-refractivity contribution in [3.8, 4) is 5.75 Å². The number of anilines is 1. The zero-order chi connectivity index (χ0) is 25.7. The first kappa shape index (κ1) is 26.0. The molecule has 0 unspecified atom stereocenters. The maximum Gasteiger partial charge on any atom is 0.343 e. The standard InChI is InChI=1S/C25H24IN3O6S/c1-34-23(31)16-35-20-8-7-17(13-19(20)26)14-21-24(32)29(25(33)36-21)15-22(30)28-11-9-27(10-12-28)18-5-3-2-4-6-18/h2-8,13-14H,9-12,15-16H2,1H3/b21-14+. The second-order valence-corrected chi connectivity index (χ2v) is 10.2. The third kappa shape index (κ3) is 6.19. The second kappa shape index (κ2) is 11.8. The number of rotatable bonds is 7. The maximum atomic E-state index is 12.9. The van der Waals surface area contributed by atoms with Gasteiger partial charge in [0, 0.05) is 31.9 Å². The van der Waals surface area contributed by atoms with E-state index in [2.05, 4.69) is 32.2 Å². The summed E-state index contributed by atoms with van der Waals surface area (Å²) in [5.74, 6) is -0.712. The van der Waals surface area contributed by atoms with Crippen LogP contribution in [0.15, 0.2) is 53.4 Å². The van der Waals surface area contributed by atoms with Crippen LogP contribution in [-0.4, -0.2) is 79.3 Å². The molecular weight excluding hydrogens is 597 g/mol. The van der Waals surface area contributed by atoms with Crippen molar-refractivity contribution < 1.29 is 28.7 Å². The van der Waals surface area contributed by atoms with Gasteiger partial charge in [-0.05, 0) is 70.3 Å². The van der Waals surface area contributed by atoms with Gasteiger partial charge in [-0.15, -0.1) is 0 Å². The van der Waals surface area contributed by atoms with E-state index in [9.17, 15) is 19.2 Å². The molecule has 3 amide bonds. The summed E-state index contributed by atoms with van der Waals surface area (Å²) < 4.78 is 10.7. The number of imide groups is 1. The minimum absolute atomic E-state index is 0.208. The van der Waals surface area contributed by atoms with E-state index in [4.69, 9.17) is 4.74 Å². The second-order valence-electron chi connectivity index (χ2n) is 8.03. The highest BCUT2D eigenvalue weighted by Crippen LogP contribution is 2.33. The van der Waals surface area contributed by atoms with Gasteiger partial charge in [-0.3, -0.25) is 19.3 Å². The van der Waals surface area contributed by atoms with Crippen molar-refractivity contribution in [2.75, 3.05) is 51.3 Å². The number of halogens is 1. The van der Waals surface area contributed by atoms with E-state index in [1.54, 1.807) is 29.2 Å². The molecule has 0 N–H and O–H groups in total. The maximum absolute atomic E-state index is 12.9. The van der Waals surface area contributed by atoms with Gasteiger partial charge in [-0.1, -0.05) is 24.3 Å². The quantitative estimate of drug-likeness (QED) is 0.264. The monoisotopic (exact) mass is 621 g/mol. The van der Waals surface area contributed by atoms with Gasteiger partial charge in [-0.2, -0.15) is 0 Å². The number of piperazine rings is 1. The van der Waals surface area contributed by atoms with Crippen LogP contribution in [0.4, 0.5) is 10.5 Å². The van der Waals surface area contributed by atoms with Crippen molar-refractivity contribution in [2.24, 2.45) is 0 Å². The van der Waals surface area contributed by atoms with Crippen LogP contribution in [0.2, 0.25) is 0 Å². The van der Waals surface area contributed by atoms with Crippen LogP contribution in [0.5, 0.6) is 5.75 Å². The van der Waals surface area contributed by atoms with Crippen molar-refractivity contribution in [3.05, 3.63) is 62.6 Å². The van der Waals surface area contributed by atoms with Gasteiger partial charge in [0.05, 0.1) is 15.6 Å². The summed E-state index contributed by atoms with van der Waals surface area (Å²) in [5.41, 5.74) is 1.80. The molecule has 2 aliphatic rings.